The molecule has 1 N–H and O–H groups in total. The van der Waals surface area contributed by atoms with Crippen molar-refractivity contribution in [2.24, 2.45) is 0 Å². The predicted molar refractivity (Wildman–Crippen MR) is 91.2 cm³/mol. The van der Waals surface area contributed by atoms with Crippen molar-refractivity contribution in [3.05, 3.63) is 46.3 Å². The molecule has 0 fully saturated rings. The summed E-state index contributed by atoms with van der Waals surface area (Å²) < 4.78 is 16.4. The summed E-state index contributed by atoms with van der Waals surface area (Å²) >= 11 is 0. The van der Waals surface area contributed by atoms with Crippen molar-refractivity contribution in [3.8, 4) is 11.5 Å². The summed E-state index contributed by atoms with van der Waals surface area (Å²) in [6, 6.07) is 5.43. The van der Waals surface area contributed by atoms with Crippen molar-refractivity contribution in [3.63, 3.8) is 0 Å². The highest BCUT2D eigenvalue weighted by Gasteiger charge is 2.43. The smallest absolute Gasteiger partial charge is 0.342 e. The van der Waals surface area contributed by atoms with Crippen molar-refractivity contribution in [2.45, 2.75) is 33.6 Å². The van der Waals surface area contributed by atoms with E-state index >= 15 is 0 Å². The van der Waals surface area contributed by atoms with Crippen LogP contribution in [0.1, 0.15) is 39.2 Å². The molecule has 0 unspecified atom stereocenters. The van der Waals surface area contributed by atoms with Gasteiger partial charge >= 0.3 is 11.9 Å². The van der Waals surface area contributed by atoms with Gasteiger partial charge in [0, 0.05) is 17.0 Å². The van der Waals surface area contributed by atoms with Crippen LogP contribution in [-0.2, 0) is 14.3 Å². The Bertz CT molecular complexity index is 806. The molecule has 1 aromatic rings. The number of fused-ring (bicyclic) bond motifs is 3. The van der Waals surface area contributed by atoms with Crippen LogP contribution >= 0.6 is 0 Å². The Morgan fingerprint density at radius 2 is 1.96 bits per heavy atom. The molecule has 0 bridgehead atoms. The lowest BCUT2D eigenvalue weighted by Crippen LogP contribution is -2.36. The van der Waals surface area contributed by atoms with Crippen LogP contribution in [0.3, 0.4) is 0 Å². The van der Waals surface area contributed by atoms with Crippen LogP contribution < -0.4 is 14.8 Å². The van der Waals surface area contributed by atoms with Crippen LogP contribution in [-0.4, -0.2) is 25.2 Å². The van der Waals surface area contributed by atoms with Crippen LogP contribution in [0.15, 0.2) is 40.7 Å². The molecule has 0 saturated heterocycles. The molecule has 3 rings (SSSR count). The summed E-state index contributed by atoms with van der Waals surface area (Å²) in [6.07, 6.45) is 0. The van der Waals surface area contributed by atoms with Gasteiger partial charge in [0.1, 0.15) is 0 Å². The van der Waals surface area contributed by atoms with Crippen LogP contribution in [0.25, 0.3) is 0 Å². The van der Waals surface area contributed by atoms with Crippen LogP contribution in [0, 0.1) is 0 Å². The highest BCUT2D eigenvalue weighted by atomic mass is 16.6. The maximum absolute atomic E-state index is 12.6. The molecule has 0 aliphatic carbocycles. The second kappa shape index (κ2) is 6.63. The van der Waals surface area contributed by atoms with E-state index in [0.29, 0.717) is 40.6 Å². The Hall–Kier alpha value is -2.76. The lowest BCUT2D eigenvalue weighted by molar-refractivity contribution is -0.139. The normalized spacial score (nSPS) is 18.9. The van der Waals surface area contributed by atoms with E-state index in [1.807, 2.05) is 19.1 Å². The first-order chi connectivity index (χ1) is 12.0. The number of benzene rings is 1. The number of carbonyl (C=O) groups excluding carboxylic acids is 2. The van der Waals surface area contributed by atoms with Gasteiger partial charge in [-0.15, -0.1) is 0 Å². The average molecular weight is 343 g/mol. The summed E-state index contributed by atoms with van der Waals surface area (Å²) in [5.41, 5.74) is 2.92. The monoisotopic (exact) mass is 343 g/mol. The van der Waals surface area contributed by atoms with Gasteiger partial charge in [0.05, 0.1) is 30.3 Å². The number of ether oxygens (including phenoxy) is 3. The van der Waals surface area contributed by atoms with Crippen molar-refractivity contribution >= 4 is 11.9 Å². The third kappa shape index (κ3) is 2.77. The minimum absolute atomic E-state index is 0.261. The summed E-state index contributed by atoms with van der Waals surface area (Å²) in [5.74, 6) is -0.595. The van der Waals surface area contributed by atoms with E-state index in [4.69, 9.17) is 14.2 Å². The molecule has 1 aromatic carbocycles. The maximum Gasteiger partial charge on any atom is 0.342 e. The van der Waals surface area contributed by atoms with E-state index in [0.717, 1.165) is 5.56 Å². The molecule has 0 aromatic heterocycles. The van der Waals surface area contributed by atoms with Gasteiger partial charge in [-0.2, -0.15) is 0 Å². The van der Waals surface area contributed by atoms with Crippen LogP contribution in [0.5, 0.6) is 11.5 Å². The summed E-state index contributed by atoms with van der Waals surface area (Å²) in [7, 11) is 0. The predicted octanol–water partition coefficient (Wildman–Crippen LogP) is 2.80. The molecule has 132 valence electrons. The fourth-order valence-corrected chi connectivity index (χ4v) is 3.34. The standard InChI is InChI=1S/C19H21NO5/c1-5-23-13-9-7-8-12-16-14(18(21)24-6-2)10(3)20-11(4)15(16)19(22)25-17(12)13/h7-9,16,20H,5-6H2,1-4H3/t16-/m0/s1. The number of dihydropyridines is 1. The van der Waals surface area contributed by atoms with Crippen molar-refractivity contribution < 1.29 is 23.8 Å². The average Bonchev–Trinajstić information content (AvgIpc) is 2.55. The molecule has 0 amide bonds. The number of esters is 2. The van der Waals surface area contributed by atoms with Gasteiger partial charge < -0.3 is 19.5 Å². The lowest BCUT2D eigenvalue weighted by atomic mass is 9.78. The molecule has 1 atom stereocenters. The largest absolute Gasteiger partial charge is 0.490 e. The highest BCUT2D eigenvalue weighted by Crippen LogP contribution is 2.49. The third-order valence-electron chi connectivity index (χ3n) is 4.29. The Morgan fingerprint density at radius 1 is 1.20 bits per heavy atom. The topological polar surface area (TPSA) is 73.9 Å². The Kier molecular flexibility index (Phi) is 4.53. The minimum atomic E-state index is -0.531. The molecular formula is C19H21NO5. The Labute approximate surface area is 146 Å². The Morgan fingerprint density at radius 3 is 2.64 bits per heavy atom. The van der Waals surface area contributed by atoms with Crippen LogP contribution in [0.2, 0.25) is 0 Å². The molecular weight excluding hydrogens is 322 g/mol. The number of nitrogens with one attached hydrogen (secondary N) is 1. The first kappa shape index (κ1) is 17.1. The quantitative estimate of drug-likeness (QED) is 0.669. The van der Waals surface area contributed by atoms with Gasteiger partial charge in [-0.3, -0.25) is 0 Å². The summed E-state index contributed by atoms with van der Waals surface area (Å²) in [6.45, 7) is 7.92. The molecule has 0 spiro atoms. The summed E-state index contributed by atoms with van der Waals surface area (Å²) in [5, 5.41) is 3.10. The van der Waals surface area contributed by atoms with Crippen LogP contribution in [0.4, 0.5) is 0 Å². The van der Waals surface area contributed by atoms with E-state index in [-0.39, 0.29) is 6.61 Å². The molecule has 6 nitrogen and oxygen atoms in total. The van der Waals surface area contributed by atoms with Crippen molar-refractivity contribution in [1.29, 1.82) is 0 Å². The van der Waals surface area contributed by atoms with Crippen molar-refractivity contribution in [1.82, 2.24) is 5.32 Å². The molecule has 2 heterocycles. The number of para-hydroxylation sites is 1. The number of allylic oxidation sites excluding steroid dienone is 2. The van der Waals surface area contributed by atoms with Gasteiger partial charge in [-0.05, 0) is 33.8 Å². The molecule has 0 saturated carbocycles. The summed E-state index contributed by atoms with van der Waals surface area (Å²) in [4.78, 5) is 25.2. The van der Waals surface area contributed by atoms with E-state index < -0.39 is 17.9 Å². The van der Waals surface area contributed by atoms with E-state index in [1.54, 1.807) is 26.8 Å². The zero-order chi connectivity index (χ0) is 18.1. The molecule has 2 aliphatic rings. The van der Waals surface area contributed by atoms with Gasteiger partial charge in [0.15, 0.2) is 11.5 Å². The SMILES string of the molecule is CCOC(=O)C1=C(C)NC(C)=C2C(=O)Oc3c(OCC)cccc3[C@@H]12. The molecule has 6 heteroatoms. The highest BCUT2D eigenvalue weighted by molar-refractivity contribution is 6.02. The number of rotatable bonds is 4. The zero-order valence-electron chi connectivity index (χ0n) is 14.8. The second-order valence-corrected chi connectivity index (χ2v) is 5.85. The molecule has 0 radical (unpaired) electrons. The van der Waals surface area contributed by atoms with Crippen molar-refractivity contribution in [2.75, 3.05) is 13.2 Å². The van der Waals surface area contributed by atoms with E-state index in [9.17, 15) is 9.59 Å². The second-order valence-electron chi connectivity index (χ2n) is 5.85. The molecule has 2 aliphatic heterocycles. The third-order valence-corrected chi connectivity index (χ3v) is 4.29. The number of carbonyl (C=O) groups is 2. The first-order valence-electron chi connectivity index (χ1n) is 8.33. The first-order valence-corrected chi connectivity index (χ1v) is 8.33. The lowest BCUT2D eigenvalue weighted by Gasteiger charge is -2.34. The molecule has 25 heavy (non-hydrogen) atoms. The maximum atomic E-state index is 12.6. The Balaban J connectivity index is 2.21. The minimum Gasteiger partial charge on any atom is -0.490 e. The zero-order valence-corrected chi connectivity index (χ0v) is 14.8. The van der Waals surface area contributed by atoms with Gasteiger partial charge in [-0.25, -0.2) is 9.59 Å². The van der Waals surface area contributed by atoms with Gasteiger partial charge in [0.2, 0.25) is 0 Å². The van der Waals surface area contributed by atoms with Gasteiger partial charge in [-0.1, -0.05) is 12.1 Å². The van der Waals surface area contributed by atoms with E-state index in [1.165, 1.54) is 0 Å². The number of hydrogen-bond acceptors (Lipinski definition) is 6. The fraction of sp³-hybridized carbons (Fsp3) is 0.368. The van der Waals surface area contributed by atoms with E-state index in [2.05, 4.69) is 5.32 Å². The van der Waals surface area contributed by atoms with Gasteiger partial charge in [0.25, 0.3) is 0 Å². The number of hydrogen-bond donors (Lipinski definition) is 1. The fourth-order valence-electron chi connectivity index (χ4n) is 3.34.